The summed E-state index contributed by atoms with van der Waals surface area (Å²) in [6.07, 6.45) is 5.45. The molecule has 2 fully saturated rings. The average molecular weight is 451 g/mol. The van der Waals surface area contributed by atoms with E-state index in [1.54, 1.807) is 0 Å². The number of aliphatic hydroxyl groups is 1. The molecule has 2 aromatic carbocycles. The molecular formula is C27H34N2O4. The molecule has 6 nitrogen and oxygen atoms in total. The molecule has 33 heavy (non-hydrogen) atoms. The van der Waals surface area contributed by atoms with Gasteiger partial charge in [0.05, 0.1) is 11.0 Å². The molecule has 0 radical (unpaired) electrons. The molecular weight excluding hydrogens is 416 g/mol. The van der Waals surface area contributed by atoms with Crippen molar-refractivity contribution in [1.29, 1.82) is 0 Å². The first-order chi connectivity index (χ1) is 16.0. The molecule has 5 rings (SSSR count). The Hall–Kier alpha value is -2.44. The predicted octanol–water partition coefficient (Wildman–Crippen LogP) is 4.98. The second kappa shape index (κ2) is 9.07. The van der Waals surface area contributed by atoms with Gasteiger partial charge >= 0.3 is 5.69 Å². The average Bonchev–Trinajstić information content (AvgIpc) is 3.13. The number of nitrogens with one attached hydrogen (secondary N) is 1. The van der Waals surface area contributed by atoms with Crippen LogP contribution in [0.2, 0.25) is 0 Å². The second-order valence-corrected chi connectivity index (χ2v) is 10.3. The lowest BCUT2D eigenvalue weighted by Crippen LogP contribution is -2.44. The fourth-order valence-corrected chi connectivity index (χ4v) is 6.98. The quantitative estimate of drug-likeness (QED) is 0.353. The summed E-state index contributed by atoms with van der Waals surface area (Å²) < 4.78 is 5.90. The minimum atomic E-state index is -0.252. The van der Waals surface area contributed by atoms with Gasteiger partial charge in [-0.3, -0.25) is 10.1 Å². The highest BCUT2D eigenvalue weighted by Crippen LogP contribution is 2.61. The van der Waals surface area contributed by atoms with E-state index in [9.17, 15) is 15.2 Å². The summed E-state index contributed by atoms with van der Waals surface area (Å²) in [5.74, 6) is 1.78. The van der Waals surface area contributed by atoms with Crippen LogP contribution in [0, 0.1) is 27.4 Å². The van der Waals surface area contributed by atoms with Gasteiger partial charge in [0.15, 0.2) is 5.75 Å². The van der Waals surface area contributed by atoms with Gasteiger partial charge in [-0.05, 0) is 78.9 Å². The number of nitrogens with zero attached hydrogens (tertiary/aromatic N) is 1. The van der Waals surface area contributed by atoms with Gasteiger partial charge in [0.2, 0.25) is 0 Å². The second-order valence-electron chi connectivity index (χ2n) is 10.3. The summed E-state index contributed by atoms with van der Waals surface area (Å²) in [7, 11) is 0. The molecule has 2 N–H and O–H groups in total. The van der Waals surface area contributed by atoms with Crippen LogP contribution in [0.1, 0.15) is 61.6 Å². The van der Waals surface area contributed by atoms with Crippen LogP contribution in [-0.2, 0) is 13.0 Å². The maximum Gasteiger partial charge on any atom is 0.314 e. The molecule has 5 atom stereocenters. The Labute approximate surface area is 195 Å². The van der Waals surface area contributed by atoms with E-state index in [2.05, 4.69) is 30.4 Å². The Morgan fingerprint density at radius 3 is 2.76 bits per heavy atom. The summed E-state index contributed by atoms with van der Waals surface area (Å²) in [5.41, 5.74) is 3.40. The van der Waals surface area contributed by atoms with Crippen LogP contribution in [0.4, 0.5) is 5.69 Å². The number of hydrogen-bond donors (Lipinski definition) is 2. The molecule has 5 unspecified atom stereocenters. The van der Waals surface area contributed by atoms with E-state index in [0.717, 1.165) is 56.2 Å². The summed E-state index contributed by atoms with van der Waals surface area (Å²) in [6, 6.07) is 14.0. The Kier molecular flexibility index (Phi) is 6.14. The maximum atomic E-state index is 12.1. The lowest BCUT2D eigenvalue weighted by molar-refractivity contribution is -0.386. The zero-order chi connectivity index (χ0) is 23.0. The number of nitro groups is 1. The SMILES string of the molecule is CC12CCC3c4ccc(OCCNCc5ccccc5)c([N+](=O)[O-])c4CCC3C1CCC2O. The van der Waals surface area contributed by atoms with Crippen LogP contribution in [-0.4, -0.2) is 29.3 Å². The molecule has 0 bridgehead atoms. The molecule has 3 aliphatic rings. The third-order valence-electron chi connectivity index (χ3n) is 8.69. The largest absolute Gasteiger partial charge is 0.485 e. The van der Waals surface area contributed by atoms with Crippen LogP contribution >= 0.6 is 0 Å². The zero-order valence-electron chi connectivity index (χ0n) is 19.3. The molecule has 0 aliphatic heterocycles. The van der Waals surface area contributed by atoms with Gasteiger partial charge in [0.1, 0.15) is 6.61 Å². The molecule has 6 heteroatoms. The summed E-state index contributed by atoms with van der Waals surface area (Å²) in [4.78, 5) is 11.8. The fraction of sp³-hybridized carbons (Fsp3) is 0.556. The first kappa shape index (κ1) is 22.4. The number of benzene rings is 2. The normalized spacial score (nSPS) is 30.2. The van der Waals surface area contributed by atoms with Crippen molar-refractivity contribution >= 4 is 5.69 Å². The van der Waals surface area contributed by atoms with E-state index in [4.69, 9.17) is 4.74 Å². The van der Waals surface area contributed by atoms with Crippen molar-refractivity contribution < 1.29 is 14.8 Å². The first-order valence-electron chi connectivity index (χ1n) is 12.3. The highest BCUT2D eigenvalue weighted by molar-refractivity contribution is 5.58. The third kappa shape index (κ3) is 4.04. The minimum absolute atomic E-state index is 0.0143. The molecule has 0 saturated heterocycles. The van der Waals surface area contributed by atoms with Crippen molar-refractivity contribution in [3.63, 3.8) is 0 Å². The van der Waals surface area contributed by atoms with Gasteiger partial charge in [-0.25, -0.2) is 0 Å². The van der Waals surface area contributed by atoms with Crippen LogP contribution < -0.4 is 10.1 Å². The molecule has 0 spiro atoms. The number of fused-ring (bicyclic) bond motifs is 5. The van der Waals surface area contributed by atoms with Gasteiger partial charge in [-0.2, -0.15) is 0 Å². The van der Waals surface area contributed by atoms with Crippen molar-refractivity contribution in [2.75, 3.05) is 13.2 Å². The Morgan fingerprint density at radius 2 is 1.97 bits per heavy atom. The summed E-state index contributed by atoms with van der Waals surface area (Å²) >= 11 is 0. The lowest BCUT2D eigenvalue weighted by atomic mass is 9.55. The summed E-state index contributed by atoms with van der Waals surface area (Å²) in [5, 5.41) is 26.0. The van der Waals surface area contributed by atoms with Crippen molar-refractivity contribution in [3.8, 4) is 5.75 Å². The van der Waals surface area contributed by atoms with Crippen LogP contribution in [0.25, 0.3) is 0 Å². The number of aliphatic hydroxyl groups excluding tert-OH is 1. The highest BCUT2D eigenvalue weighted by atomic mass is 16.6. The Balaban J connectivity index is 1.29. The topological polar surface area (TPSA) is 84.6 Å². The number of rotatable bonds is 7. The number of nitro benzene ring substituents is 1. The summed E-state index contributed by atoms with van der Waals surface area (Å²) in [6.45, 7) is 4.01. The van der Waals surface area contributed by atoms with Crippen molar-refractivity contribution in [3.05, 3.63) is 69.3 Å². The van der Waals surface area contributed by atoms with Gasteiger partial charge < -0.3 is 15.2 Å². The van der Waals surface area contributed by atoms with E-state index in [0.29, 0.717) is 36.7 Å². The van der Waals surface area contributed by atoms with E-state index >= 15 is 0 Å². The maximum absolute atomic E-state index is 12.1. The van der Waals surface area contributed by atoms with Crippen LogP contribution in [0.3, 0.4) is 0 Å². The molecule has 0 amide bonds. The molecule has 0 heterocycles. The number of ether oxygens (including phenoxy) is 1. The van der Waals surface area contributed by atoms with E-state index < -0.39 is 0 Å². The smallest absolute Gasteiger partial charge is 0.314 e. The van der Waals surface area contributed by atoms with Gasteiger partial charge in [-0.15, -0.1) is 0 Å². The van der Waals surface area contributed by atoms with Gasteiger partial charge in [0, 0.05) is 18.7 Å². The minimum Gasteiger partial charge on any atom is -0.485 e. The fourth-order valence-electron chi connectivity index (χ4n) is 6.98. The first-order valence-corrected chi connectivity index (χ1v) is 12.3. The van der Waals surface area contributed by atoms with E-state index in [1.807, 2.05) is 24.3 Å². The molecule has 0 aromatic heterocycles. The van der Waals surface area contributed by atoms with Crippen molar-refractivity contribution in [2.24, 2.45) is 17.3 Å². The lowest BCUT2D eigenvalue weighted by Gasteiger charge is -2.50. The van der Waals surface area contributed by atoms with E-state index in [-0.39, 0.29) is 22.1 Å². The standard InChI is InChI=1S/C27H34N2O4/c1-27-14-13-20-19-9-11-24(33-16-15-28-17-18-5-3-2-4-6-18)26(29(31)32)22(19)8-7-21(20)23(27)10-12-25(27)30/h2-6,9,11,20-21,23,25,28,30H,7-8,10,12-17H2,1H3. The zero-order valence-corrected chi connectivity index (χ0v) is 19.3. The molecule has 176 valence electrons. The van der Waals surface area contributed by atoms with Crippen LogP contribution in [0.5, 0.6) is 5.75 Å². The van der Waals surface area contributed by atoms with Gasteiger partial charge in [0.25, 0.3) is 0 Å². The molecule has 2 aromatic rings. The van der Waals surface area contributed by atoms with Crippen LogP contribution in [0.15, 0.2) is 42.5 Å². The monoisotopic (exact) mass is 450 g/mol. The Bertz CT molecular complexity index is 1010. The van der Waals surface area contributed by atoms with Crippen molar-refractivity contribution in [2.45, 2.75) is 64.0 Å². The van der Waals surface area contributed by atoms with E-state index in [1.165, 1.54) is 5.56 Å². The molecule has 2 saturated carbocycles. The van der Waals surface area contributed by atoms with Gasteiger partial charge in [-0.1, -0.05) is 43.3 Å². The molecule has 3 aliphatic carbocycles. The van der Waals surface area contributed by atoms with Crippen molar-refractivity contribution in [1.82, 2.24) is 5.32 Å². The predicted molar refractivity (Wildman–Crippen MR) is 127 cm³/mol. The number of hydrogen-bond acceptors (Lipinski definition) is 5. The highest BCUT2D eigenvalue weighted by Gasteiger charge is 2.54. The Morgan fingerprint density at radius 1 is 1.15 bits per heavy atom. The third-order valence-corrected chi connectivity index (χ3v) is 8.69.